The minimum Gasteiger partial charge on any atom is -0.371 e. The van der Waals surface area contributed by atoms with Crippen LogP contribution in [0.4, 0.5) is 11.4 Å². The van der Waals surface area contributed by atoms with E-state index in [1.165, 1.54) is 0 Å². The monoisotopic (exact) mass is 484 g/mol. The van der Waals surface area contributed by atoms with Crippen molar-refractivity contribution in [1.82, 2.24) is 4.90 Å². The molecule has 2 aliphatic rings. The van der Waals surface area contributed by atoms with Crippen molar-refractivity contribution in [2.45, 2.75) is 25.7 Å². The summed E-state index contributed by atoms with van der Waals surface area (Å²) in [5, 5.41) is 5.01. The van der Waals surface area contributed by atoms with Gasteiger partial charge < -0.3 is 20.9 Å². The van der Waals surface area contributed by atoms with E-state index in [-0.39, 0.29) is 29.6 Å². The van der Waals surface area contributed by atoms with Crippen LogP contribution in [0.3, 0.4) is 0 Å². The van der Waals surface area contributed by atoms with E-state index >= 15 is 0 Å². The summed E-state index contributed by atoms with van der Waals surface area (Å²) >= 11 is 0. The topological polar surface area (TPSA) is 95.7 Å². The lowest BCUT2D eigenvalue weighted by molar-refractivity contribution is -0.122. The van der Waals surface area contributed by atoms with Gasteiger partial charge in [-0.25, -0.2) is 0 Å². The van der Waals surface area contributed by atoms with Crippen molar-refractivity contribution in [2.24, 2.45) is 17.6 Å². The van der Waals surface area contributed by atoms with Crippen LogP contribution >= 0.6 is 0 Å². The number of benzene rings is 3. The Morgan fingerprint density at radius 2 is 1.53 bits per heavy atom. The first kappa shape index (κ1) is 23.9. The molecule has 2 heterocycles. The maximum atomic E-state index is 13.3. The lowest BCUT2D eigenvalue weighted by Crippen LogP contribution is -2.43. The minimum atomic E-state index is -0.245. The molecule has 0 radical (unpaired) electrons. The first-order valence-electron chi connectivity index (χ1n) is 12.7. The van der Waals surface area contributed by atoms with Crippen LogP contribution in [0.1, 0.15) is 36.0 Å². The van der Waals surface area contributed by atoms with Crippen LogP contribution in [0.2, 0.25) is 0 Å². The number of nitrogens with one attached hydrogen (secondary N) is 1. The van der Waals surface area contributed by atoms with Gasteiger partial charge in [0.25, 0.3) is 5.91 Å². The van der Waals surface area contributed by atoms with Gasteiger partial charge in [0.05, 0.1) is 5.92 Å². The van der Waals surface area contributed by atoms with Crippen LogP contribution in [0.25, 0.3) is 10.8 Å². The molecule has 0 aromatic heterocycles. The number of carbonyl (C=O) groups excluding carboxylic acids is 3. The number of likely N-dealkylation sites (tertiary alicyclic amines) is 1. The van der Waals surface area contributed by atoms with Crippen molar-refractivity contribution in [1.29, 1.82) is 0 Å². The summed E-state index contributed by atoms with van der Waals surface area (Å²) < 4.78 is 0. The van der Waals surface area contributed by atoms with Gasteiger partial charge >= 0.3 is 0 Å². The maximum Gasteiger partial charge on any atom is 0.254 e. The van der Waals surface area contributed by atoms with Gasteiger partial charge in [0.2, 0.25) is 11.8 Å². The van der Waals surface area contributed by atoms with E-state index in [2.05, 4.69) is 10.2 Å². The zero-order valence-corrected chi connectivity index (χ0v) is 20.4. The number of nitrogens with zero attached hydrogens (tertiary/aromatic N) is 2. The van der Waals surface area contributed by atoms with E-state index in [1.807, 2.05) is 71.6 Å². The van der Waals surface area contributed by atoms with Crippen molar-refractivity contribution in [3.63, 3.8) is 0 Å². The Morgan fingerprint density at radius 1 is 0.806 bits per heavy atom. The van der Waals surface area contributed by atoms with Gasteiger partial charge in [0, 0.05) is 49.0 Å². The smallest absolute Gasteiger partial charge is 0.254 e. The maximum absolute atomic E-state index is 13.3. The zero-order valence-electron chi connectivity index (χ0n) is 20.4. The third kappa shape index (κ3) is 5.05. The SMILES string of the molecule is NC(=O)C1CCN(c2ccc(NC(=O)C3CCCN(C(=O)c4cccc5ccccc45)C3)cc2)CC1. The standard InChI is InChI=1S/C29H32N4O3/c30-27(34)21-14-17-32(18-15-21)24-12-10-23(11-13-24)31-28(35)22-7-4-16-33(19-22)29(36)26-9-3-6-20-5-1-2-8-25(20)26/h1-3,5-6,8-13,21-22H,4,7,14-19H2,(H2,30,34)(H,31,35). The highest BCUT2D eigenvalue weighted by molar-refractivity contribution is 6.07. The van der Waals surface area contributed by atoms with Crippen molar-refractivity contribution < 1.29 is 14.4 Å². The van der Waals surface area contributed by atoms with E-state index < -0.39 is 0 Å². The Labute approximate surface area is 211 Å². The Kier molecular flexibility index (Phi) is 6.89. The van der Waals surface area contributed by atoms with Crippen molar-refractivity contribution in [2.75, 3.05) is 36.4 Å². The molecule has 1 atom stereocenters. The largest absolute Gasteiger partial charge is 0.371 e. The molecule has 2 saturated heterocycles. The van der Waals surface area contributed by atoms with Crippen LogP contribution in [0, 0.1) is 11.8 Å². The summed E-state index contributed by atoms with van der Waals surface area (Å²) in [5.74, 6) is -0.574. The summed E-state index contributed by atoms with van der Waals surface area (Å²) in [4.78, 5) is 41.9. The second-order valence-corrected chi connectivity index (χ2v) is 9.82. The van der Waals surface area contributed by atoms with Gasteiger partial charge in [0.15, 0.2) is 0 Å². The van der Waals surface area contributed by atoms with Crippen LogP contribution in [-0.2, 0) is 9.59 Å². The van der Waals surface area contributed by atoms with E-state index in [0.29, 0.717) is 18.7 Å². The molecule has 2 aliphatic heterocycles. The van der Waals surface area contributed by atoms with E-state index in [0.717, 1.165) is 60.9 Å². The highest BCUT2D eigenvalue weighted by atomic mass is 16.2. The number of carbonyl (C=O) groups is 3. The number of hydrogen-bond donors (Lipinski definition) is 2. The Balaban J connectivity index is 1.20. The van der Waals surface area contributed by atoms with Gasteiger partial charge in [-0.05, 0) is 66.8 Å². The fourth-order valence-electron chi connectivity index (χ4n) is 5.38. The number of fused-ring (bicyclic) bond motifs is 1. The first-order chi connectivity index (χ1) is 17.5. The molecule has 3 aromatic rings. The summed E-state index contributed by atoms with van der Waals surface area (Å²) in [6.07, 6.45) is 3.10. The first-order valence-corrected chi connectivity index (χ1v) is 12.7. The second kappa shape index (κ2) is 10.4. The molecule has 186 valence electrons. The third-order valence-corrected chi connectivity index (χ3v) is 7.50. The van der Waals surface area contributed by atoms with Crippen LogP contribution in [0.5, 0.6) is 0 Å². The van der Waals surface area contributed by atoms with Gasteiger partial charge in [0.1, 0.15) is 0 Å². The highest BCUT2D eigenvalue weighted by Crippen LogP contribution is 2.27. The van der Waals surface area contributed by atoms with Gasteiger partial charge in [-0.1, -0.05) is 36.4 Å². The predicted octanol–water partition coefficient (Wildman–Crippen LogP) is 4.03. The molecule has 0 saturated carbocycles. The molecule has 0 bridgehead atoms. The third-order valence-electron chi connectivity index (χ3n) is 7.50. The molecule has 7 heteroatoms. The number of anilines is 2. The van der Waals surface area contributed by atoms with Crippen molar-refractivity contribution in [3.05, 3.63) is 72.3 Å². The van der Waals surface area contributed by atoms with Crippen LogP contribution in [0.15, 0.2) is 66.7 Å². The Morgan fingerprint density at radius 3 is 2.28 bits per heavy atom. The molecule has 0 spiro atoms. The second-order valence-electron chi connectivity index (χ2n) is 9.82. The molecular formula is C29H32N4O3. The molecule has 7 nitrogen and oxygen atoms in total. The van der Waals surface area contributed by atoms with Gasteiger partial charge in [-0.15, -0.1) is 0 Å². The average molecular weight is 485 g/mol. The lowest BCUT2D eigenvalue weighted by atomic mass is 9.95. The average Bonchev–Trinajstić information content (AvgIpc) is 2.93. The van der Waals surface area contributed by atoms with Gasteiger partial charge in [-0.2, -0.15) is 0 Å². The Hall–Kier alpha value is -3.87. The van der Waals surface area contributed by atoms with Gasteiger partial charge in [-0.3, -0.25) is 14.4 Å². The number of nitrogens with two attached hydrogens (primary N) is 1. The molecule has 5 rings (SSSR count). The van der Waals surface area contributed by atoms with Crippen LogP contribution < -0.4 is 16.0 Å². The minimum absolute atomic E-state index is 0.0197. The van der Waals surface area contributed by atoms with Crippen molar-refractivity contribution >= 4 is 39.9 Å². The van der Waals surface area contributed by atoms with E-state index in [9.17, 15) is 14.4 Å². The molecule has 0 aliphatic carbocycles. The number of rotatable bonds is 5. The highest BCUT2D eigenvalue weighted by Gasteiger charge is 2.30. The molecule has 36 heavy (non-hydrogen) atoms. The number of amides is 3. The lowest BCUT2D eigenvalue weighted by Gasteiger charge is -2.33. The molecule has 3 N–H and O–H groups in total. The predicted molar refractivity (Wildman–Crippen MR) is 142 cm³/mol. The number of primary amides is 1. The number of piperidine rings is 2. The molecule has 3 aromatic carbocycles. The fraction of sp³-hybridized carbons (Fsp3) is 0.345. The molecule has 1 unspecified atom stereocenters. The summed E-state index contributed by atoms with van der Waals surface area (Å²) in [7, 11) is 0. The molecule has 2 fully saturated rings. The van der Waals surface area contributed by atoms with Crippen molar-refractivity contribution in [3.8, 4) is 0 Å². The zero-order chi connectivity index (χ0) is 25.1. The van der Waals surface area contributed by atoms with E-state index in [4.69, 9.17) is 5.73 Å². The fourth-order valence-corrected chi connectivity index (χ4v) is 5.38. The summed E-state index contributed by atoms with van der Waals surface area (Å²) in [5.41, 5.74) is 7.93. The summed E-state index contributed by atoms with van der Waals surface area (Å²) in [6, 6.07) is 21.5. The normalized spacial score (nSPS) is 18.7. The Bertz CT molecular complexity index is 1260. The van der Waals surface area contributed by atoms with Crippen LogP contribution in [-0.4, -0.2) is 48.8 Å². The summed E-state index contributed by atoms with van der Waals surface area (Å²) in [6.45, 7) is 2.66. The molecular weight excluding hydrogens is 452 g/mol. The van der Waals surface area contributed by atoms with E-state index in [1.54, 1.807) is 0 Å². The quantitative estimate of drug-likeness (QED) is 0.572. The molecule has 3 amide bonds. The number of hydrogen-bond acceptors (Lipinski definition) is 4.